The van der Waals surface area contributed by atoms with Gasteiger partial charge >= 0.3 is 5.97 Å². The Hall–Kier alpha value is -2.03. The van der Waals surface area contributed by atoms with Gasteiger partial charge in [-0.05, 0) is 49.1 Å². The first-order valence-electron chi connectivity index (χ1n) is 10.1. The minimum Gasteiger partial charge on any atom is -0.465 e. The molecule has 2 aromatic carbocycles. The Labute approximate surface area is 194 Å². The third-order valence-corrected chi connectivity index (χ3v) is 7.14. The number of hydrogen-bond acceptors (Lipinski definition) is 6. The van der Waals surface area contributed by atoms with Gasteiger partial charge < -0.3 is 9.30 Å². The van der Waals surface area contributed by atoms with Crippen LogP contribution in [-0.4, -0.2) is 34.6 Å². The van der Waals surface area contributed by atoms with Gasteiger partial charge in [-0.25, -0.2) is 0 Å². The Kier molecular flexibility index (Phi) is 8.40. The average molecular weight is 475 g/mol. The molecule has 8 heteroatoms. The highest BCUT2D eigenvalue weighted by atomic mass is 32.2. The first-order chi connectivity index (χ1) is 14.9. The summed E-state index contributed by atoms with van der Waals surface area (Å²) < 4.78 is 7.87. The molecule has 0 unspecified atom stereocenters. The van der Waals surface area contributed by atoms with E-state index < -0.39 is 0 Å². The van der Waals surface area contributed by atoms with Gasteiger partial charge in [0.1, 0.15) is 6.54 Å². The van der Waals surface area contributed by atoms with Crippen molar-refractivity contribution < 1.29 is 14.3 Å². The number of esters is 1. The van der Waals surface area contributed by atoms with Crippen LogP contribution in [0.15, 0.2) is 57.2 Å². The fourth-order valence-corrected chi connectivity index (χ4v) is 5.47. The second-order valence-electron chi connectivity index (χ2n) is 7.10. The zero-order valence-corrected chi connectivity index (χ0v) is 20.5. The highest BCUT2D eigenvalue weighted by Gasteiger charge is 2.13. The quantitative estimate of drug-likeness (QED) is 0.333. The van der Waals surface area contributed by atoms with Crippen LogP contribution < -0.4 is 4.80 Å². The van der Waals surface area contributed by atoms with E-state index in [-0.39, 0.29) is 24.8 Å². The molecule has 0 fully saturated rings. The highest BCUT2D eigenvalue weighted by Crippen LogP contribution is 2.25. The average Bonchev–Trinajstić information content (AvgIpc) is 3.05. The van der Waals surface area contributed by atoms with Gasteiger partial charge in [0.05, 0.1) is 23.2 Å². The summed E-state index contributed by atoms with van der Waals surface area (Å²) in [6.45, 7) is 6.42. The maximum atomic E-state index is 12.7. The normalized spacial score (nSPS) is 12.0. The number of rotatable bonds is 8. The van der Waals surface area contributed by atoms with Crippen LogP contribution in [0.3, 0.4) is 0 Å². The molecule has 0 aliphatic heterocycles. The topological polar surface area (TPSA) is 60.7 Å². The van der Waals surface area contributed by atoms with Crippen LogP contribution >= 0.6 is 34.9 Å². The molecule has 0 spiro atoms. The molecule has 3 rings (SSSR count). The van der Waals surface area contributed by atoms with Crippen LogP contribution in [-0.2, 0) is 27.3 Å². The van der Waals surface area contributed by atoms with E-state index in [2.05, 4.69) is 24.9 Å². The molecule has 0 saturated carbocycles. The summed E-state index contributed by atoms with van der Waals surface area (Å²) in [5.74, 6) is -0.582. The van der Waals surface area contributed by atoms with Crippen LogP contribution in [0.2, 0.25) is 0 Å². The first-order valence-corrected chi connectivity index (χ1v) is 13.0. The maximum Gasteiger partial charge on any atom is 0.326 e. The Morgan fingerprint density at radius 3 is 2.48 bits per heavy atom. The Balaban J connectivity index is 1.90. The largest absolute Gasteiger partial charge is 0.465 e. The minimum atomic E-state index is -0.344. The zero-order valence-electron chi connectivity index (χ0n) is 18.1. The molecule has 0 atom stereocenters. The molecule has 0 aliphatic carbocycles. The number of carbonyl (C=O) groups is 2. The standard InChI is InChI=1S/C23H26N2O3S3/c1-5-28-22(27)14-25-19-11-10-18(29-4)13-20(19)31-23(25)24-21(26)12-16-6-8-17(9-7-16)30-15(2)3/h6-11,13,15H,5,12,14H2,1-4H3. The van der Waals surface area contributed by atoms with Gasteiger partial charge in [-0.3, -0.25) is 9.59 Å². The minimum absolute atomic E-state index is 0.0275. The smallest absolute Gasteiger partial charge is 0.326 e. The summed E-state index contributed by atoms with van der Waals surface area (Å²) in [5.41, 5.74) is 1.79. The van der Waals surface area contributed by atoms with E-state index in [0.29, 0.717) is 16.7 Å². The van der Waals surface area contributed by atoms with Gasteiger partial charge in [0.25, 0.3) is 5.91 Å². The van der Waals surface area contributed by atoms with Crippen molar-refractivity contribution in [3.63, 3.8) is 0 Å². The molecule has 5 nitrogen and oxygen atoms in total. The molecule has 0 N–H and O–H groups in total. The predicted molar refractivity (Wildman–Crippen MR) is 130 cm³/mol. The highest BCUT2D eigenvalue weighted by molar-refractivity contribution is 8.00. The van der Waals surface area contributed by atoms with Gasteiger partial charge in [-0.1, -0.05) is 37.3 Å². The van der Waals surface area contributed by atoms with E-state index in [4.69, 9.17) is 4.74 Å². The summed E-state index contributed by atoms with van der Waals surface area (Å²) in [6.07, 6.45) is 2.23. The number of fused-ring (bicyclic) bond motifs is 1. The van der Waals surface area contributed by atoms with Crippen LogP contribution in [0.4, 0.5) is 0 Å². The molecule has 1 heterocycles. The van der Waals surface area contributed by atoms with Crippen molar-refractivity contribution in [1.29, 1.82) is 0 Å². The van der Waals surface area contributed by atoms with Crippen molar-refractivity contribution in [3.8, 4) is 0 Å². The number of ether oxygens (including phenoxy) is 1. The number of hydrogen-bond donors (Lipinski definition) is 0. The first kappa shape index (κ1) is 23.6. The molecule has 0 bridgehead atoms. The van der Waals surface area contributed by atoms with Gasteiger partial charge in [0, 0.05) is 15.0 Å². The van der Waals surface area contributed by atoms with Crippen molar-refractivity contribution in [2.45, 2.75) is 48.8 Å². The van der Waals surface area contributed by atoms with Crippen molar-refractivity contribution in [3.05, 3.63) is 52.8 Å². The number of amides is 1. The molecule has 0 radical (unpaired) electrons. The molecule has 1 aromatic heterocycles. The van der Waals surface area contributed by atoms with E-state index in [9.17, 15) is 9.59 Å². The Morgan fingerprint density at radius 2 is 1.84 bits per heavy atom. The van der Waals surface area contributed by atoms with E-state index >= 15 is 0 Å². The Morgan fingerprint density at radius 1 is 1.13 bits per heavy atom. The third kappa shape index (κ3) is 6.48. The molecule has 0 aliphatic rings. The SMILES string of the molecule is CCOC(=O)Cn1c(=NC(=O)Cc2ccc(SC(C)C)cc2)sc2cc(SC)ccc21. The van der Waals surface area contributed by atoms with Crippen molar-refractivity contribution >= 4 is 57.0 Å². The summed E-state index contributed by atoms with van der Waals surface area (Å²) in [6, 6.07) is 14.0. The van der Waals surface area contributed by atoms with Crippen molar-refractivity contribution in [2.75, 3.05) is 12.9 Å². The Bertz CT molecular complexity index is 1130. The summed E-state index contributed by atoms with van der Waals surface area (Å²) in [7, 11) is 0. The summed E-state index contributed by atoms with van der Waals surface area (Å²) in [4.78, 5) is 32.0. The fraction of sp³-hybridized carbons (Fsp3) is 0.348. The van der Waals surface area contributed by atoms with E-state index in [0.717, 1.165) is 20.7 Å². The lowest BCUT2D eigenvalue weighted by Crippen LogP contribution is -2.23. The fourth-order valence-electron chi connectivity index (χ4n) is 3.03. The summed E-state index contributed by atoms with van der Waals surface area (Å²) >= 11 is 4.85. The number of thiazole rings is 1. The number of benzene rings is 2. The number of thioether (sulfide) groups is 2. The van der Waals surface area contributed by atoms with Crippen LogP contribution in [0.5, 0.6) is 0 Å². The molecule has 31 heavy (non-hydrogen) atoms. The molecule has 3 aromatic rings. The van der Waals surface area contributed by atoms with Gasteiger partial charge in [-0.15, -0.1) is 23.5 Å². The van der Waals surface area contributed by atoms with E-state index in [1.54, 1.807) is 35.0 Å². The van der Waals surface area contributed by atoms with E-state index in [1.165, 1.54) is 16.2 Å². The number of carbonyl (C=O) groups excluding carboxylic acids is 2. The third-order valence-electron chi connectivity index (χ3n) is 4.35. The van der Waals surface area contributed by atoms with Gasteiger partial charge in [0.15, 0.2) is 4.80 Å². The number of aromatic nitrogens is 1. The molecule has 0 saturated heterocycles. The lowest BCUT2D eigenvalue weighted by atomic mass is 10.1. The van der Waals surface area contributed by atoms with E-state index in [1.807, 2.05) is 42.7 Å². The second-order valence-corrected chi connectivity index (χ2v) is 10.6. The van der Waals surface area contributed by atoms with Crippen LogP contribution in [0.25, 0.3) is 10.2 Å². The molecule has 1 amide bonds. The van der Waals surface area contributed by atoms with Crippen molar-refractivity contribution in [1.82, 2.24) is 4.57 Å². The van der Waals surface area contributed by atoms with Gasteiger partial charge in [0.2, 0.25) is 0 Å². The van der Waals surface area contributed by atoms with Crippen LogP contribution in [0, 0.1) is 0 Å². The molecular weight excluding hydrogens is 448 g/mol. The molecule has 164 valence electrons. The lowest BCUT2D eigenvalue weighted by Gasteiger charge is -2.06. The predicted octanol–water partition coefficient (Wildman–Crippen LogP) is 5.16. The zero-order chi connectivity index (χ0) is 22.4. The van der Waals surface area contributed by atoms with Crippen molar-refractivity contribution in [2.24, 2.45) is 4.99 Å². The lowest BCUT2D eigenvalue weighted by molar-refractivity contribution is -0.143. The van der Waals surface area contributed by atoms with Crippen LogP contribution in [0.1, 0.15) is 26.3 Å². The second kappa shape index (κ2) is 11.0. The summed E-state index contributed by atoms with van der Waals surface area (Å²) in [5, 5.41) is 0.511. The van der Waals surface area contributed by atoms with Gasteiger partial charge in [-0.2, -0.15) is 4.99 Å². The molecular formula is C23H26N2O3S3. The maximum absolute atomic E-state index is 12.7. The number of nitrogens with zero attached hydrogens (tertiary/aromatic N) is 2. The monoisotopic (exact) mass is 474 g/mol.